The van der Waals surface area contributed by atoms with Crippen molar-refractivity contribution in [3.63, 3.8) is 0 Å². The van der Waals surface area contributed by atoms with Crippen molar-refractivity contribution in [1.29, 1.82) is 0 Å². The molecule has 1 amide bonds. The summed E-state index contributed by atoms with van der Waals surface area (Å²) < 4.78 is 4.60. The number of ether oxygens (including phenoxy) is 1. The Bertz CT molecular complexity index is 448. The smallest absolute Gasteiger partial charge is 0.230 e. The molecule has 0 aliphatic heterocycles. The number of benzene rings is 1. The van der Waals surface area contributed by atoms with Gasteiger partial charge in [0.1, 0.15) is 10.1 Å². The van der Waals surface area contributed by atoms with E-state index in [2.05, 4.69) is 5.32 Å². The van der Waals surface area contributed by atoms with E-state index in [-0.39, 0.29) is 11.8 Å². The quantitative estimate of drug-likeness (QED) is 0.841. The lowest BCUT2D eigenvalue weighted by molar-refractivity contribution is -0.117. The third-order valence-corrected chi connectivity index (χ3v) is 3.55. The predicted octanol–water partition coefficient (Wildman–Crippen LogP) is 3.61. The summed E-state index contributed by atoms with van der Waals surface area (Å²) in [6, 6.07) is 7.29. The van der Waals surface area contributed by atoms with Crippen molar-refractivity contribution in [3.8, 4) is 5.75 Å². The second-order valence-corrected chi connectivity index (χ2v) is 5.93. The minimum atomic E-state index is -0.888. The molecule has 0 saturated heterocycles. The van der Waals surface area contributed by atoms with E-state index in [1.54, 1.807) is 6.07 Å². The van der Waals surface area contributed by atoms with Gasteiger partial charge < -0.3 is 10.1 Å². The van der Waals surface area contributed by atoms with Crippen LogP contribution in [-0.4, -0.2) is 16.8 Å². The molecule has 5 heteroatoms. The molecular weight excluding hydrogens is 273 g/mol. The number of hydrogen-bond donors (Lipinski definition) is 1. The highest BCUT2D eigenvalue weighted by atomic mass is 35.5. The molecule has 1 fully saturated rings. The van der Waals surface area contributed by atoms with E-state index in [4.69, 9.17) is 27.9 Å². The van der Waals surface area contributed by atoms with E-state index < -0.39 is 4.33 Å². The topological polar surface area (TPSA) is 38.3 Å². The molecule has 1 N–H and O–H groups in total. The molecule has 1 unspecified atom stereocenters. The molecule has 18 heavy (non-hydrogen) atoms. The maximum Gasteiger partial charge on any atom is 0.230 e. The second-order valence-electron chi connectivity index (χ2n) is 4.38. The number of carbonyl (C=O) groups is 1. The van der Waals surface area contributed by atoms with Crippen LogP contribution in [0.1, 0.15) is 19.8 Å². The van der Waals surface area contributed by atoms with Crippen LogP contribution in [0.15, 0.2) is 24.3 Å². The fourth-order valence-corrected chi connectivity index (χ4v) is 2.12. The highest BCUT2D eigenvalue weighted by Gasteiger charge is 2.56. The van der Waals surface area contributed by atoms with Gasteiger partial charge in [0.05, 0.1) is 12.5 Å². The summed E-state index contributed by atoms with van der Waals surface area (Å²) in [6.45, 7) is 2.70. The number of alkyl halides is 2. The number of hydrogen-bond acceptors (Lipinski definition) is 2. The fourth-order valence-electron chi connectivity index (χ4n) is 1.61. The van der Waals surface area contributed by atoms with Gasteiger partial charge in [-0.2, -0.15) is 0 Å². The molecule has 1 aliphatic carbocycles. The number of amides is 1. The summed E-state index contributed by atoms with van der Waals surface area (Å²) in [5, 5.41) is 2.79. The van der Waals surface area contributed by atoms with E-state index in [1.165, 1.54) is 0 Å². The van der Waals surface area contributed by atoms with Crippen molar-refractivity contribution in [2.75, 3.05) is 11.9 Å². The first kappa shape index (κ1) is 13.5. The molecule has 0 bridgehead atoms. The van der Waals surface area contributed by atoms with E-state index in [1.807, 2.05) is 25.1 Å². The van der Waals surface area contributed by atoms with Gasteiger partial charge >= 0.3 is 0 Å². The highest BCUT2D eigenvalue weighted by molar-refractivity contribution is 6.52. The van der Waals surface area contributed by atoms with Crippen molar-refractivity contribution in [1.82, 2.24) is 0 Å². The maximum absolute atomic E-state index is 11.8. The van der Waals surface area contributed by atoms with Gasteiger partial charge in [0.25, 0.3) is 0 Å². The van der Waals surface area contributed by atoms with Gasteiger partial charge in [0.15, 0.2) is 0 Å². The first-order valence-electron chi connectivity index (χ1n) is 5.94. The first-order chi connectivity index (χ1) is 8.53. The van der Waals surface area contributed by atoms with Gasteiger partial charge in [0, 0.05) is 11.8 Å². The van der Waals surface area contributed by atoms with Crippen LogP contribution in [0.4, 0.5) is 5.69 Å². The Hall–Kier alpha value is -0.930. The van der Waals surface area contributed by atoms with Crippen LogP contribution in [-0.2, 0) is 4.79 Å². The van der Waals surface area contributed by atoms with Crippen molar-refractivity contribution < 1.29 is 9.53 Å². The maximum atomic E-state index is 11.8. The molecule has 0 aromatic heterocycles. The van der Waals surface area contributed by atoms with Gasteiger partial charge in [-0.15, -0.1) is 23.2 Å². The lowest BCUT2D eigenvalue weighted by Crippen LogP contribution is -2.16. The van der Waals surface area contributed by atoms with Crippen LogP contribution in [0.5, 0.6) is 5.75 Å². The minimum Gasteiger partial charge on any atom is -0.494 e. The molecule has 1 aromatic carbocycles. The van der Waals surface area contributed by atoms with Crippen molar-refractivity contribution >= 4 is 34.8 Å². The van der Waals surface area contributed by atoms with Crippen LogP contribution < -0.4 is 10.1 Å². The Morgan fingerprint density at radius 3 is 2.89 bits per heavy atom. The molecule has 1 aromatic rings. The first-order valence-corrected chi connectivity index (χ1v) is 6.70. The minimum absolute atomic E-state index is 0.146. The molecule has 0 spiro atoms. The Morgan fingerprint density at radius 1 is 1.56 bits per heavy atom. The number of carbonyl (C=O) groups excluding carboxylic acids is 1. The van der Waals surface area contributed by atoms with Gasteiger partial charge in [0.2, 0.25) is 5.91 Å². The van der Waals surface area contributed by atoms with Gasteiger partial charge in [-0.3, -0.25) is 4.79 Å². The largest absolute Gasteiger partial charge is 0.494 e. The lowest BCUT2D eigenvalue weighted by Gasteiger charge is -2.08. The van der Waals surface area contributed by atoms with E-state index in [9.17, 15) is 4.79 Å². The van der Waals surface area contributed by atoms with Gasteiger partial charge in [-0.1, -0.05) is 13.0 Å². The highest BCUT2D eigenvalue weighted by Crippen LogP contribution is 2.53. The molecule has 2 rings (SSSR count). The molecular formula is C13H15Cl2NO2. The lowest BCUT2D eigenvalue weighted by atomic mass is 10.3. The molecule has 0 heterocycles. The van der Waals surface area contributed by atoms with Crippen LogP contribution in [0.2, 0.25) is 0 Å². The number of halogens is 2. The summed E-state index contributed by atoms with van der Waals surface area (Å²) in [5.41, 5.74) is 0.699. The molecule has 0 radical (unpaired) electrons. The van der Waals surface area contributed by atoms with Crippen LogP contribution in [0.3, 0.4) is 0 Å². The van der Waals surface area contributed by atoms with E-state index in [0.717, 1.165) is 12.2 Å². The molecule has 98 valence electrons. The average Bonchev–Trinajstić information content (AvgIpc) is 2.96. The van der Waals surface area contributed by atoms with Gasteiger partial charge in [-0.25, -0.2) is 0 Å². The standard InChI is InChI=1S/C13H15Cl2NO2/c1-2-6-18-10-5-3-4-9(7-10)16-12(17)11-8-13(11,14)15/h3-5,7,11H,2,6,8H2,1H3,(H,16,17). The number of anilines is 1. The summed E-state index contributed by atoms with van der Waals surface area (Å²) >= 11 is 11.7. The van der Waals surface area contributed by atoms with Crippen molar-refractivity contribution in [3.05, 3.63) is 24.3 Å². The van der Waals surface area contributed by atoms with Crippen LogP contribution in [0, 0.1) is 5.92 Å². The van der Waals surface area contributed by atoms with Crippen molar-refractivity contribution in [2.24, 2.45) is 5.92 Å². The zero-order valence-corrected chi connectivity index (χ0v) is 11.6. The Balaban J connectivity index is 1.95. The predicted molar refractivity (Wildman–Crippen MR) is 73.4 cm³/mol. The zero-order chi connectivity index (χ0) is 13.2. The second kappa shape index (κ2) is 5.37. The Morgan fingerprint density at radius 2 is 2.28 bits per heavy atom. The van der Waals surface area contributed by atoms with E-state index >= 15 is 0 Å². The van der Waals surface area contributed by atoms with E-state index in [0.29, 0.717) is 18.7 Å². The molecule has 1 atom stereocenters. The number of rotatable bonds is 5. The molecule has 1 aliphatic rings. The number of nitrogens with one attached hydrogen (secondary N) is 1. The monoisotopic (exact) mass is 287 g/mol. The summed E-state index contributed by atoms with van der Waals surface area (Å²) in [7, 11) is 0. The van der Waals surface area contributed by atoms with Crippen molar-refractivity contribution in [2.45, 2.75) is 24.1 Å². The summed E-state index contributed by atoms with van der Waals surface area (Å²) in [6.07, 6.45) is 1.45. The third kappa shape index (κ3) is 3.30. The SMILES string of the molecule is CCCOc1cccc(NC(=O)C2CC2(Cl)Cl)c1. The third-order valence-electron chi connectivity index (χ3n) is 2.72. The fraction of sp³-hybridized carbons (Fsp3) is 0.462. The molecule has 3 nitrogen and oxygen atoms in total. The van der Waals surface area contributed by atoms with Crippen LogP contribution >= 0.6 is 23.2 Å². The normalized spacial score (nSPS) is 20.3. The van der Waals surface area contributed by atoms with Crippen LogP contribution in [0.25, 0.3) is 0 Å². The Labute approximate surface area is 116 Å². The average molecular weight is 288 g/mol. The van der Waals surface area contributed by atoms with Gasteiger partial charge in [-0.05, 0) is 25.0 Å². The summed E-state index contributed by atoms with van der Waals surface area (Å²) in [5.74, 6) is 0.280. The zero-order valence-electron chi connectivity index (χ0n) is 10.1. The molecule has 1 saturated carbocycles. The summed E-state index contributed by atoms with van der Waals surface area (Å²) in [4.78, 5) is 11.8. The Kier molecular flexibility index (Phi) is 4.03.